The molecule has 2 rings (SSSR count). The van der Waals surface area contributed by atoms with E-state index in [1.54, 1.807) is 0 Å². The van der Waals surface area contributed by atoms with Crippen molar-refractivity contribution >= 4 is 11.8 Å². The molecule has 0 unspecified atom stereocenters. The number of aliphatic hydroxyl groups is 1. The fourth-order valence-corrected chi connectivity index (χ4v) is 2.45. The molecule has 23 heavy (non-hydrogen) atoms. The van der Waals surface area contributed by atoms with Crippen LogP contribution in [0.5, 0.6) is 5.75 Å². The molecule has 1 saturated heterocycles. The Kier molecular flexibility index (Phi) is 5.49. The number of aliphatic hydroxyl groups excluding tert-OH is 1. The molecule has 6 nitrogen and oxygen atoms in total. The predicted octanol–water partition coefficient (Wildman–Crippen LogP) is 0.953. The number of carbonyl (C=O) groups excluding carboxylic acids is 2. The van der Waals surface area contributed by atoms with Gasteiger partial charge in [-0.05, 0) is 18.2 Å². The molecular weight excluding hydrogens is 310 g/mol. The Morgan fingerprint density at radius 3 is 2.57 bits per heavy atom. The lowest BCUT2D eigenvalue weighted by atomic mass is 10.2. The van der Waals surface area contributed by atoms with E-state index in [-0.39, 0.29) is 36.9 Å². The maximum atomic E-state index is 12.5. The summed E-state index contributed by atoms with van der Waals surface area (Å²) in [5, 5.41) is 9.94. The van der Waals surface area contributed by atoms with E-state index in [0.717, 1.165) is 0 Å². The molecule has 0 spiro atoms. The second-order valence-electron chi connectivity index (χ2n) is 5.28. The van der Waals surface area contributed by atoms with Crippen molar-refractivity contribution in [2.75, 3.05) is 26.2 Å². The molecule has 8 heteroatoms. The van der Waals surface area contributed by atoms with Crippen molar-refractivity contribution in [3.05, 3.63) is 29.8 Å². The lowest BCUT2D eigenvalue weighted by Gasteiger charge is -2.22. The van der Waals surface area contributed by atoms with Gasteiger partial charge in [-0.2, -0.15) is 8.78 Å². The van der Waals surface area contributed by atoms with Gasteiger partial charge in [0.15, 0.2) is 0 Å². The van der Waals surface area contributed by atoms with Crippen molar-refractivity contribution in [2.24, 2.45) is 0 Å². The van der Waals surface area contributed by atoms with Crippen LogP contribution in [0.25, 0.3) is 0 Å². The first-order valence-corrected chi connectivity index (χ1v) is 7.14. The number of β-amino-alcohol motifs (C(OH)–C–C–N with tert-alkyl or cyclic N) is 1. The van der Waals surface area contributed by atoms with E-state index in [0.29, 0.717) is 6.54 Å². The first kappa shape index (κ1) is 17.1. The molecule has 126 valence electrons. The van der Waals surface area contributed by atoms with Gasteiger partial charge in [0.1, 0.15) is 5.75 Å². The lowest BCUT2D eigenvalue weighted by Crippen LogP contribution is -2.37. The van der Waals surface area contributed by atoms with Crippen molar-refractivity contribution in [3.8, 4) is 5.75 Å². The second kappa shape index (κ2) is 7.36. The Hall–Kier alpha value is -2.22. The summed E-state index contributed by atoms with van der Waals surface area (Å²) in [7, 11) is 0. The second-order valence-corrected chi connectivity index (χ2v) is 5.28. The zero-order valence-corrected chi connectivity index (χ0v) is 12.6. The third-order valence-corrected chi connectivity index (χ3v) is 3.54. The molecule has 0 aliphatic carbocycles. The van der Waals surface area contributed by atoms with E-state index < -0.39 is 18.6 Å². The zero-order chi connectivity index (χ0) is 17.0. The number of amides is 2. The number of ether oxygens (including phenoxy) is 1. The van der Waals surface area contributed by atoms with Crippen LogP contribution in [0, 0.1) is 0 Å². The molecule has 0 bridgehead atoms. The van der Waals surface area contributed by atoms with Crippen LogP contribution in [0.4, 0.5) is 8.78 Å². The number of rotatable bonds is 3. The van der Waals surface area contributed by atoms with Gasteiger partial charge in [0.2, 0.25) is 5.91 Å². The summed E-state index contributed by atoms with van der Waals surface area (Å²) >= 11 is 0. The molecule has 1 fully saturated rings. The van der Waals surface area contributed by atoms with Crippen LogP contribution in [0.15, 0.2) is 24.3 Å². The fraction of sp³-hybridized carbons (Fsp3) is 0.467. The Balaban J connectivity index is 2.11. The molecule has 1 aliphatic heterocycles. The highest BCUT2D eigenvalue weighted by Gasteiger charge is 2.26. The maximum Gasteiger partial charge on any atom is 0.387 e. The zero-order valence-electron chi connectivity index (χ0n) is 12.6. The summed E-state index contributed by atoms with van der Waals surface area (Å²) in [6.45, 7) is -0.767. The molecule has 1 aromatic carbocycles. The number of alkyl halides is 2. The summed E-state index contributed by atoms with van der Waals surface area (Å²) in [6.07, 6.45) is -0.856. The highest BCUT2D eigenvalue weighted by molar-refractivity contribution is 5.94. The van der Waals surface area contributed by atoms with Crippen molar-refractivity contribution in [3.63, 3.8) is 0 Å². The first-order chi connectivity index (χ1) is 10.9. The molecule has 1 aromatic rings. The minimum atomic E-state index is -2.97. The van der Waals surface area contributed by atoms with E-state index in [4.69, 9.17) is 0 Å². The van der Waals surface area contributed by atoms with Crippen molar-refractivity contribution in [1.29, 1.82) is 0 Å². The summed E-state index contributed by atoms with van der Waals surface area (Å²) in [6, 6.07) is 5.49. The first-order valence-electron chi connectivity index (χ1n) is 7.14. The summed E-state index contributed by atoms with van der Waals surface area (Å²) in [5.41, 5.74) is 0.187. The summed E-state index contributed by atoms with van der Waals surface area (Å²) in [5.74, 6) is -0.688. The van der Waals surface area contributed by atoms with Crippen LogP contribution in [0.1, 0.15) is 17.3 Å². The topological polar surface area (TPSA) is 70.1 Å². The minimum absolute atomic E-state index is 0.0720. The highest BCUT2D eigenvalue weighted by atomic mass is 19.3. The van der Waals surface area contributed by atoms with Gasteiger partial charge in [0, 0.05) is 38.7 Å². The van der Waals surface area contributed by atoms with E-state index >= 15 is 0 Å². The van der Waals surface area contributed by atoms with Crippen molar-refractivity contribution in [1.82, 2.24) is 9.80 Å². The SMILES string of the molecule is CC(=O)N1CCN(C(=O)c2cccc(OC(F)F)c2)C[C@@H](O)C1. The molecular formula is C15H18F2N2O4. The van der Waals surface area contributed by atoms with Gasteiger partial charge >= 0.3 is 6.61 Å². The number of carbonyl (C=O) groups is 2. The number of hydrogen-bond acceptors (Lipinski definition) is 4. The third-order valence-electron chi connectivity index (χ3n) is 3.54. The Labute approximate surface area is 132 Å². The van der Waals surface area contributed by atoms with Gasteiger partial charge in [0.05, 0.1) is 6.10 Å². The monoisotopic (exact) mass is 328 g/mol. The van der Waals surface area contributed by atoms with Crippen LogP contribution >= 0.6 is 0 Å². The minimum Gasteiger partial charge on any atom is -0.435 e. The van der Waals surface area contributed by atoms with Gasteiger partial charge in [0.25, 0.3) is 5.91 Å². The van der Waals surface area contributed by atoms with Crippen LogP contribution in [-0.4, -0.2) is 65.6 Å². The predicted molar refractivity (Wildman–Crippen MR) is 77.2 cm³/mol. The van der Waals surface area contributed by atoms with Crippen molar-refractivity contribution < 1.29 is 28.2 Å². The third kappa shape index (κ3) is 4.62. The lowest BCUT2D eigenvalue weighted by molar-refractivity contribution is -0.129. The maximum absolute atomic E-state index is 12.5. The molecule has 1 atom stereocenters. The molecule has 2 amide bonds. The van der Waals surface area contributed by atoms with E-state index in [9.17, 15) is 23.5 Å². The van der Waals surface area contributed by atoms with Gasteiger partial charge in [-0.15, -0.1) is 0 Å². The smallest absolute Gasteiger partial charge is 0.387 e. The normalized spacial score (nSPS) is 18.7. The van der Waals surface area contributed by atoms with Gasteiger partial charge < -0.3 is 19.6 Å². The average molecular weight is 328 g/mol. The molecule has 0 radical (unpaired) electrons. The fourth-order valence-electron chi connectivity index (χ4n) is 2.45. The largest absolute Gasteiger partial charge is 0.435 e. The molecule has 1 N–H and O–H groups in total. The van der Waals surface area contributed by atoms with Crippen LogP contribution in [-0.2, 0) is 4.79 Å². The van der Waals surface area contributed by atoms with Crippen molar-refractivity contribution in [2.45, 2.75) is 19.6 Å². The quantitative estimate of drug-likeness (QED) is 0.897. The molecule has 0 saturated carbocycles. The Morgan fingerprint density at radius 2 is 1.91 bits per heavy atom. The molecule has 1 aliphatic rings. The van der Waals surface area contributed by atoms with E-state index in [1.807, 2.05) is 0 Å². The number of nitrogens with zero attached hydrogens (tertiary/aromatic N) is 2. The van der Waals surface area contributed by atoms with Gasteiger partial charge in [-0.1, -0.05) is 6.07 Å². The summed E-state index contributed by atoms with van der Waals surface area (Å²) in [4.78, 5) is 26.8. The van der Waals surface area contributed by atoms with E-state index in [2.05, 4.69) is 4.74 Å². The van der Waals surface area contributed by atoms with Gasteiger partial charge in [-0.25, -0.2) is 0 Å². The average Bonchev–Trinajstić information content (AvgIpc) is 2.68. The van der Waals surface area contributed by atoms with Crippen LogP contribution < -0.4 is 4.74 Å². The van der Waals surface area contributed by atoms with Gasteiger partial charge in [-0.3, -0.25) is 9.59 Å². The number of halogens is 2. The highest BCUT2D eigenvalue weighted by Crippen LogP contribution is 2.18. The standard InChI is InChI=1S/C15H18F2N2O4/c1-10(20)18-5-6-19(9-12(21)8-18)14(22)11-3-2-4-13(7-11)23-15(16)17/h2-4,7,12,15,21H,5-6,8-9H2,1H3/t12-/m0/s1. The molecule has 1 heterocycles. The Bertz CT molecular complexity index is 582. The molecule has 0 aromatic heterocycles. The Morgan fingerprint density at radius 1 is 1.26 bits per heavy atom. The van der Waals surface area contributed by atoms with E-state index in [1.165, 1.54) is 41.0 Å². The van der Waals surface area contributed by atoms with Crippen LogP contribution in [0.3, 0.4) is 0 Å². The number of hydrogen-bond donors (Lipinski definition) is 1. The summed E-state index contributed by atoms with van der Waals surface area (Å²) < 4.78 is 28.8. The van der Waals surface area contributed by atoms with Crippen LogP contribution in [0.2, 0.25) is 0 Å². The number of benzene rings is 1.